The summed E-state index contributed by atoms with van der Waals surface area (Å²) in [6.07, 6.45) is 2.67. The van der Waals surface area contributed by atoms with E-state index in [0.717, 1.165) is 0 Å². The molecule has 4 nitrogen and oxygen atoms in total. The monoisotopic (exact) mass is 273 g/mol. The molecule has 0 saturated heterocycles. The first-order valence-corrected chi connectivity index (χ1v) is 5.94. The van der Waals surface area contributed by atoms with Gasteiger partial charge in [-0.3, -0.25) is 9.59 Å². The van der Waals surface area contributed by atoms with E-state index in [1.54, 1.807) is 30.3 Å². The fourth-order valence-corrected chi connectivity index (χ4v) is 2.16. The van der Waals surface area contributed by atoms with Crippen molar-refractivity contribution in [3.63, 3.8) is 0 Å². The second-order valence-electron chi connectivity index (χ2n) is 4.02. The Morgan fingerprint density at radius 1 is 1.26 bits per heavy atom. The smallest absolute Gasteiger partial charge is 0.256 e. The number of rotatable bonds is 2. The van der Waals surface area contributed by atoms with Gasteiger partial charge in [-0.1, -0.05) is 23.7 Å². The van der Waals surface area contributed by atoms with Crippen molar-refractivity contribution >= 4 is 34.6 Å². The van der Waals surface area contributed by atoms with Crippen molar-refractivity contribution in [3.05, 3.63) is 59.0 Å². The van der Waals surface area contributed by atoms with Gasteiger partial charge in [0, 0.05) is 11.6 Å². The van der Waals surface area contributed by atoms with Gasteiger partial charge >= 0.3 is 0 Å². The summed E-state index contributed by atoms with van der Waals surface area (Å²) in [6.45, 7) is 0. The molecule has 3 rings (SSSR count). The van der Waals surface area contributed by atoms with Crippen molar-refractivity contribution in [2.75, 3.05) is 5.32 Å². The van der Waals surface area contributed by atoms with Crippen LogP contribution in [0.3, 0.4) is 0 Å². The van der Waals surface area contributed by atoms with Crippen LogP contribution in [0.15, 0.2) is 47.1 Å². The second-order valence-corrected chi connectivity index (χ2v) is 4.42. The number of allylic oxidation sites excluding steroid dienone is 1. The number of fused-ring (bicyclic) bond motifs is 1. The van der Waals surface area contributed by atoms with Crippen molar-refractivity contribution in [1.82, 2.24) is 0 Å². The molecule has 19 heavy (non-hydrogen) atoms. The van der Waals surface area contributed by atoms with Crippen LogP contribution in [0.2, 0.25) is 5.02 Å². The number of benzene rings is 1. The molecule has 94 valence electrons. The number of halogens is 1. The van der Waals surface area contributed by atoms with Crippen molar-refractivity contribution in [1.29, 1.82) is 0 Å². The number of para-hydroxylation sites is 1. The lowest BCUT2D eigenvalue weighted by Crippen LogP contribution is -2.05. The first-order chi connectivity index (χ1) is 9.16. The third-order valence-corrected chi connectivity index (χ3v) is 3.14. The molecule has 5 heteroatoms. The summed E-state index contributed by atoms with van der Waals surface area (Å²) < 4.78 is 5.00. The highest BCUT2D eigenvalue weighted by atomic mass is 35.5. The normalized spacial score (nSPS) is 15.4. The largest absolute Gasteiger partial charge is 0.461 e. The maximum Gasteiger partial charge on any atom is 0.256 e. The topological polar surface area (TPSA) is 59.3 Å². The number of amides is 1. The van der Waals surface area contributed by atoms with Gasteiger partial charge in [0.1, 0.15) is 0 Å². The molecule has 2 aromatic rings. The zero-order valence-corrected chi connectivity index (χ0v) is 10.4. The van der Waals surface area contributed by atoms with Gasteiger partial charge in [-0.15, -0.1) is 0 Å². The van der Waals surface area contributed by atoms with Crippen LogP contribution in [0, 0.1) is 0 Å². The molecular formula is C14H8ClNO3. The van der Waals surface area contributed by atoms with Crippen LogP contribution in [-0.2, 0) is 4.79 Å². The van der Waals surface area contributed by atoms with E-state index >= 15 is 0 Å². The van der Waals surface area contributed by atoms with Gasteiger partial charge in [-0.25, -0.2) is 0 Å². The van der Waals surface area contributed by atoms with Gasteiger partial charge in [-0.2, -0.15) is 0 Å². The van der Waals surface area contributed by atoms with E-state index in [0.29, 0.717) is 21.8 Å². The minimum absolute atomic E-state index is 0.191. The molecule has 0 spiro atoms. The molecule has 0 saturated carbocycles. The predicted molar refractivity (Wildman–Crippen MR) is 71.1 cm³/mol. The quantitative estimate of drug-likeness (QED) is 0.675. The maximum absolute atomic E-state index is 11.9. The first kappa shape index (κ1) is 11.7. The average Bonchev–Trinajstić information content (AvgIpc) is 3.00. The van der Waals surface area contributed by atoms with E-state index in [4.69, 9.17) is 16.0 Å². The van der Waals surface area contributed by atoms with Crippen molar-refractivity contribution in [2.24, 2.45) is 0 Å². The fraction of sp³-hybridized carbons (Fsp3) is 0. The Morgan fingerprint density at radius 2 is 2.11 bits per heavy atom. The summed E-state index contributed by atoms with van der Waals surface area (Å²) in [7, 11) is 0. The number of carbonyl (C=O) groups excluding carboxylic acids is 2. The minimum atomic E-state index is -0.358. The van der Waals surface area contributed by atoms with Crippen LogP contribution in [-0.4, -0.2) is 11.7 Å². The standard InChI is InChI=1S/C14H8ClNO3/c15-10-4-1-3-8-9(14(18)16-13(8)10)7-11(17)12-5-2-6-19-12/h1-7H,(H,16,18). The van der Waals surface area contributed by atoms with Crippen LogP contribution in [0.4, 0.5) is 5.69 Å². The Kier molecular flexibility index (Phi) is 2.72. The second kappa shape index (κ2) is 4.40. The van der Waals surface area contributed by atoms with E-state index in [1.165, 1.54) is 12.3 Å². The molecule has 1 aliphatic rings. The van der Waals surface area contributed by atoms with Crippen LogP contribution in [0.25, 0.3) is 5.57 Å². The average molecular weight is 274 g/mol. The Hall–Kier alpha value is -2.33. The molecule has 0 unspecified atom stereocenters. The van der Waals surface area contributed by atoms with Crippen LogP contribution in [0.5, 0.6) is 0 Å². The Morgan fingerprint density at radius 3 is 2.84 bits per heavy atom. The van der Waals surface area contributed by atoms with Crippen LogP contribution >= 0.6 is 11.6 Å². The predicted octanol–water partition coefficient (Wildman–Crippen LogP) is 3.15. The summed E-state index contributed by atoms with van der Waals surface area (Å²) in [6, 6.07) is 8.31. The molecule has 1 N–H and O–H groups in total. The van der Waals surface area contributed by atoms with E-state index in [9.17, 15) is 9.59 Å². The van der Waals surface area contributed by atoms with Crippen molar-refractivity contribution in [2.45, 2.75) is 0 Å². The highest BCUT2D eigenvalue weighted by Gasteiger charge is 2.27. The first-order valence-electron chi connectivity index (χ1n) is 5.56. The molecule has 1 aliphatic heterocycles. The number of anilines is 1. The Balaban J connectivity index is 2.05. The number of hydrogen-bond acceptors (Lipinski definition) is 3. The van der Waals surface area contributed by atoms with E-state index in [-0.39, 0.29) is 17.5 Å². The number of furan rings is 1. The zero-order chi connectivity index (χ0) is 13.4. The van der Waals surface area contributed by atoms with Gasteiger partial charge in [0.2, 0.25) is 5.78 Å². The number of hydrogen-bond donors (Lipinski definition) is 1. The lowest BCUT2D eigenvalue weighted by Gasteiger charge is -1.99. The SMILES string of the molecule is O=C1Nc2c(Cl)cccc2C1=CC(=O)c1ccco1. The van der Waals surface area contributed by atoms with Gasteiger partial charge in [-0.05, 0) is 18.2 Å². The molecule has 1 aromatic heterocycles. The van der Waals surface area contributed by atoms with Gasteiger partial charge in [0.15, 0.2) is 5.76 Å². The van der Waals surface area contributed by atoms with E-state index < -0.39 is 0 Å². The molecule has 2 heterocycles. The van der Waals surface area contributed by atoms with Gasteiger partial charge < -0.3 is 9.73 Å². The lowest BCUT2D eigenvalue weighted by atomic mass is 10.1. The number of ketones is 1. The number of carbonyl (C=O) groups is 2. The summed E-state index contributed by atoms with van der Waals surface area (Å²) in [5, 5.41) is 3.09. The molecule has 0 radical (unpaired) electrons. The fourth-order valence-electron chi connectivity index (χ4n) is 1.94. The molecule has 0 atom stereocenters. The van der Waals surface area contributed by atoms with Crippen molar-refractivity contribution < 1.29 is 14.0 Å². The third-order valence-electron chi connectivity index (χ3n) is 2.83. The van der Waals surface area contributed by atoms with Gasteiger partial charge in [0.05, 0.1) is 22.5 Å². The molecule has 0 aliphatic carbocycles. The summed E-state index contributed by atoms with van der Waals surface area (Å²) in [4.78, 5) is 23.8. The van der Waals surface area contributed by atoms with Gasteiger partial charge in [0.25, 0.3) is 5.91 Å². The highest BCUT2D eigenvalue weighted by molar-refractivity contribution is 6.40. The lowest BCUT2D eigenvalue weighted by molar-refractivity contribution is -0.110. The highest BCUT2D eigenvalue weighted by Crippen LogP contribution is 2.37. The Bertz CT molecular complexity index is 701. The molecule has 1 amide bonds. The summed E-state index contributed by atoms with van der Waals surface area (Å²) in [5.41, 5.74) is 1.45. The summed E-state index contributed by atoms with van der Waals surface area (Å²) in [5.74, 6) is -0.512. The molecule has 0 fully saturated rings. The molecule has 0 bridgehead atoms. The summed E-state index contributed by atoms with van der Waals surface area (Å²) >= 11 is 5.99. The maximum atomic E-state index is 11.9. The minimum Gasteiger partial charge on any atom is -0.461 e. The zero-order valence-electron chi connectivity index (χ0n) is 9.64. The Labute approximate surface area is 113 Å². The molecular weight excluding hydrogens is 266 g/mol. The van der Waals surface area contributed by atoms with Crippen LogP contribution in [0.1, 0.15) is 16.1 Å². The number of nitrogens with one attached hydrogen (secondary N) is 1. The van der Waals surface area contributed by atoms with E-state index in [2.05, 4.69) is 5.32 Å². The van der Waals surface area contributed by atoms with Crippen molar-refractivity contribution in [3.8, 4) is 0 Å². The van der Waals surface area contributed by atoms with E-state index in [1.807, 2.05) is 0 Å². The van der Waals surface area contributed by atoms with Crippen LogP contribution < -0.4 is 5.32 Å². The molecule has 1 aromatic carbocycles. The third kappa shape index (κ3) is 1.96.